The van der Waals surface area contributed by atoms with Crippen LogP contribution in [0, 0.1) is 5.92 Å². The van der Waals surface area contributed by atoms with Crippen molar-refractivity contribution >= 4 is 18.4 Å². The van der Waals surface area contributed by atoms with Crippen LogP contribution in [0.4, 0.5) is 26.3 Å². The molecule has 0 saturated carbocycles. The Morgan fingerprint density at radius 1 is 1.00 bits per heavy atom. The quantitative estimate of drug-likeness (QED) is 0.629. The summed E-state index contributed by atoms with van der Waals surface area (Å²) in [6.07, 6.45) is -11.3. The Kier molecular flexibility index (Phi) is 6.69. The van der Waals surface area contributed by atoms with Gasteiger partial charge in [0.15, 0.2) is 5.92 Å². The van der Waals surface area contributed by atoms with Crippen molar-refractivity contribution in [3.05, 3.63) is 0 Å². The second kappa shape index (κ2) is 6.17. The number of alkyl halides is 6. The molecule has 2 N–H and O–H groups in total. The van der Waals surface area contributed by atoms with Crippen LogP contribution in [0.15, 0.2) is 0 Å². The molecule has 0 aromatic heterocycles. The maximum Gasteiger partial charge on any atom is 0.402 e. The predicted molar refractivity (Wildman–Crippen MR) is 56.7 cm³/mol. The lowest BCUT2D eigenvalue weighted by atomic mass is 9.99. The van der Waals surface area contributed by atoms with Gasteiger partial charge in [-0.3, -0.25) is 4.79 Å². The lowest BCUT2D eigenvalue weighted by molar-refractivity contribution is -0.290. The monoisotopic (exact) mass is 317 g/mol. The number of rotatable bonds is 2. The molecule has 1 atom stereocenters. The molecule has 0 aliphatic carbocycles. The van der Waals surface area contributed by atoms with Crippen LogP contribution in [0.1, 0.15) is 20.8 Å². The third-order valence-corrected chi connectivity index (χ3v) is 1.74. The van der Waals surface area contributed by atoms with E-state index in [1.165, 1.54) is 20.8 Å². The molecular formula is C9H14ClF6NO2. The van der Waals surface area contributed by atoms with Crippen LogP contribution in [-0.2, 0) is 9.53 Å². The van der Waals surface area contributed by atoms with E-state index >= 15 is 0 Å². The highest BCUT2D eigenvalue weighted by Gasteiger charge is 2.61. The standard InChI is InChI=1S/C9H13F6NO2.ClH/c1-7(2,3)18-6(17)4(16)5(8(10,11)12)9(13,14)15;/h4-5H,16H2,1-3H3;1H/t4-;/m0./s1. The molecule has 0 unspecified atom stereocenters. The van der Waals surface area contributed by atoms with E-state index in [4.69, 9.17) is 5.73 Å². The largest absolute Gasteiger partial charge is 0.459 e. The SMILES string of the molecule is CC(C)(C)OC(=O)[C@@H](N)C(C(F)(F)F)C(F)(F)F.Cl. The van der Waals surface area contributed by atoms with E-state index in [2.05, 4.69) is 4.74 Å². The molecule has 10 heteroatoms. The van der Waals surface area contributed by atoms with Crippen molar-refractivity contribution in [3.63, 3.8) is 0 Å². The molecule has 0 spiro atoms. The minimum absolute atomic E-state index is 0. The Morgan fingerprint density at radius 3 is 1.53 bits per heavy atom. The Morgan fingerprint density at radius 2 is 1.32 bits per heavy atom. The second-order valence-electron chi connectivity index (χ2n) is 4.62. The van der Waals surface area contributed by atoms with Crippen LogP contribution in [0.3, 0.4) is 0 Å². The van der Waals surface area contributed by atoms with Crippen molar-refractivity contribution < 1.29 is 35.9 Å². The molecule has 0 heterocycles. The summed E-state index contributed by atoms with van der Waals surface area (Å²) in [6.45, 7) is 3.90. The van der Waals surface area contributed by atoms with Gasteiger partial charge >= 0.3 is 18.3 Å². The molecule has 3 nitrogen and oxygen atoms in total. The Balaban J connectivity index is 0. The smallest absolute Gasteiger partial charge is 0.402 e. The number of nitrogens with two attached hydrogens (primary N) is 1. The van der Waals surface area contributed by atoms with E-state index in [-0.39, 0.29) is 12.4 Å². The van der Waals surface area contributed by atoms with Crippen LogP contribution in [0.25, 0.3) is 0 Å². The zero-order valence-electron chi connectivity index (χ0n) is 10.2. The number of hydrogen-bond donors (Lipinski definition) is 1. The second-order valence-corrected chi connectivity index (χ2v) is 4.62. The average Bonchev–Trinajstić information content (AvgIpc) is 1.93. The molecule has 0 rings (SSSR count). The topological polar surface area (TPSA) is 52.3 Å². The average molecular weight is 318 g/mol. The Labute approximate surface area is 111 Å². The first-order chi connectivity index (χ1) is 7.66. The van der Waals surface area contributed by atoms with Crippen LogP contribution in [-0.4, -0.2) is 30.0 Å². The van der Waals surface area contributed by atoms with Crippen LogP contribution < -0.4 is 5.73 Å². The molecule has 0 aliphatic rings. The minimum Gasteiger partial charge on any atom is -0.459 e. The molecule has 0 amide bonds. The molecule has 0 aromatic carbocycles. The Hall–Kier alpha value is -0.700. The summed E-state index contributed by atoms with van der Waals surface area (Å²) in [5.41, 5.74) is 3.50. The first kappa shape index (κ1) is 20.6. The van der Waals surface area contributed by atoms with E-state index in [1.807, 2.05) is 0 Å². The van der Waals surface area contributed by atoms with Crippen molar-refractivity contribution in [2.75, 3.05) is 0 Å². The molecule has 0 aliphatic heterocycles. The van der Waals surface area contributed by atoms with Gasteiger partial charge in [0.1, 0.15) is 11.6 Å². The fraction of sp³-hybridized carbons (Fsp3) is 0.889. The van der Waals surface area contributed by atoms with Crippen molar-refractivity contribution in [3.8, 4) is 0 Å². The molecule has 0 aromatic rings. The summed E-state index contributed by atoms with van der Waals surface area (Å²) in [5.74, 6) is -5.69. The molecule has 0 saturated heterocycles. The van der Waals surface area contributed by atoms with Crippen LogP contribution in [0.2, 0.25) is 0 Å². The number of hydrogen-bond acceptors (Lipinski definition) is 3. The van der Waals surface area contributed by atoms with Gasteiger partial charge in [-0.05, 0) is 20.8 Å². The zero-order chi connectivity index (χ0) is 14.9. The fourth-order valence-electron chi connectivity index (χ4n) is 1.10. The Bertz CT molecular complexity index is 295. The van der Waals surface area contributed by atoms with E-state index in [1.54, 1.807) is 0 Å². The first-order valence-corrected chi connectivity index (χ1v) is 4.78. The maximum absolute atomic E-state index is 12.3. The number of esters is 1. The summed E-state index contributed by atoms with van der Waals surface area (Å²) in [7, 11) is 0. The van der Waals surface area contributed by atoms with Crippen molar-refractivity contribution in [2.24, 2.45) is 11.7 Å². The normalized spacial score (nSPS) is 14.9. The highest BCUT2D eigenvalue weighted by Crippen LogP contribution is 2.41. The summed E-state index contributed by atoms with van der Waals surface area (Å²) in [5, 5.41) is 0. The van der Waals surface area contributed by atoms with Crippen LogP contribution in [0.5, 0.6) is 0 Å². The third kappa shape index (κ3) is 6.86. The zero-order valence-corrected chi connectivity index (χ0v) is 11.0. The summed E-state index contributed by atoms with van der Waals surface area (Å²) in [6, 6.07) is -2.84. The van der Waals surface area contributed by atoms with E-state index in [0.29, 0.717) is 0 Å². The lowest BCUT2D eigenvalue weighted by Crippen LogP contribution is -2.54. The molecular weight excluding hydrogens is 304 g/mol. The summed E-state index contributed by atoms with van der Waals surface area (Å²) >= 11 is 0. The van der Waals surface area contributed by atoms with Crippen molar-refractivity contribution in [1.29, 1.82) is 0 Å². The molecule has 0 bridgehead atoms. The van der Waals surface area contributed by atoms with Gasteiger partial charge in [0, 0.05) is 0 Å². The van der Waals surface area contributed by atoms with Crippen molar-refractivity contribution in [2.45, 2.75) is 44.8 Å². The van der Waals surface area contributed by atoms with Crippen molar-refractivity contribution in [1.82, 2.24) is 0 Å². The number of ether oxygens (including phenoxy) is 1. The van der Waals surface area contributed by atoms with Gasteiger partial charge in [-0.2, -0.15) is 26.3 Å². The van der Waals surface area contributed by atoms with E-state index < -0.39 is 35.9 Å². The highest BCUT2D eigenvalue weighted by molar-refractivity contribution is 5.85. The molecule has 0 fully saturated rings. The third-order valence-electron chi connectivity index (χ3n) is 1.74. The first-order valence-electron chi connectivity index (χ1n) is 4.78. The molecule has 0 radical (unpaired) electrons. The predicted octanol–water partition coefficient (Wildman–Crippen LogP) is 2.82. The van der Waals surface area contributed by atoms with Gasteiger partial charge in [0.25, 0.3) is 0 Å². The lowest BCUT2D eigenvalue weighted by Gasteiger charge is -2.29. The highest BCUT2D eigenvalue weighted by atomic mass is 35.5. The minimum atomic E-state index is -5.67. The number of carbonyl (C=O) groups is 1. The summed E-state index contributed by atoms with van der Waals surface area (Å²) < 4.78 is 77.9. The fourth-order valence-corrected chi connectivity index (χ4v) is 1.10. The van der Waals surface area contributed by atoms with Gasteiger partial charge in [-0.25, -0.2) is 0 Å². The van der Waals surface area contributed by atoms with Crippen LogP contribution >= 0.6 is 12.4 Å². The number of halogens is 7. The summed E-state index contributed by atoms with van der Waals surface area (Å²) in [4.78, 5) is 11.1. The van der Waals surface area contributed by atoms with Gasteiger partial charge < -0.3 is 10.5 Å². The van der Waals surface area contributed by atoms with Gasteiger partial charge in [0.05, 0.1) is 0 Å². The van der Waals surface area contributed by atoms with Gasteiger partial charge in [0.2, 0.25) is 0 Å². The molecule has 116 valence electrons. The maximum atomic E-state index is 12.3. The van der Waals surface area contributed by atoms with Gasteiger partial charge in [-0.1, -0.05) is 0 Å². The van der Waals surface area contributed by atoms with Gasteiger partial charge in [-0.15, -0.1) is 12.4 Å². The number of carbonyl (C=O) groups excluding carboxylic acids is 1. The van der Waals surface area contributed by atoms with E-state index in [9.17, 15) is 31.1 Å². The molecule has 19 heavy (non-hydrogen) atoms. The van der Waals surface area contributed by atoms with E-state index in [0.717, 1.165) is 0 Å².